The molecule has 6 aliphatic rings. The van der Waals surface area contributed by atoms with Gasteiger partial charge in [0.05, 0.1) is 0 Å². The smallest absolute Gasteiger partial charge is 0.431 e. The highest BCUT2D eigenvalue weighted by molar-refractivity contribution is 5.60. The van der Waals surface area contributed by atoms with Gasteiger partial charge in [0, 0.05) is 0 Å². The molecule has 0 spiro atoms. The Hall–Kier alpha value is -0.730. The molecule has 6 rings (SSSR count). The van der Waals surface area contributed by atoms with Gasteiger partial charge in [0.2, 0.25) is 0 Å². The van der Waals surface area contributed by atoms with Crippen molar-refractivity contribution >= 4 is 6.16 Å². The van der Waals surface area contributed by atoms with E-state index >= 15 is 0 Å². The normalized spacial score (nSPS) is 41.9. The fraction of sp³-hybridized carbons (Fsp3) is 0.938. The van der Waals surface area contributed by atoms with Gasteiger partial charge in [-0.2, -0.15) is 0 Å². The van der Waals surface area contributed by atoms with Crippen molar-refractivity contribution in [1.82, 2.24) is 0 Å². The van der Waals surface area contributed by atoms with E-state index in [1.54, 1.807) is 0 Å². The molecule has 0 aromatic rings. The van der Waals surface area contributed by atoms with Crippen molar-refractivity contribution in [2.45, 2.75) is 77.4 Å². The van der Waals surface area contributed by atoms with Crippen molar-refractivity contribution in [2.75, 3.05) is 0 Å². The maximum Gasteiger partial charge on any atom is 0.508 e. The van der Waals surface area contributed by atoms with Gasteiger partial charge in [0.15, 0.2) is 0 Å². The molecule has 0 amide bonds. The van der Waals surface area contributed by atoms with Crippen LogP contribution in [0.15, 0.2) is 0 Å². The molecule has 4 aliphatic heterocycles. The highest BCUT2D eigenvalue weighted by Crippen LogP contribution is 2.49. The first-order valence-corrected chi connectivity index (χ1v) is 7.93. The van der Waals surface area contributed by atoms with Crippen molar-refractivity contribution in [3.05, 3.63) is 0 Å². The Morgan fingerprint density at radius 2 is 1.16 bits per heavy atom. The van der Waals surface area contributed by atoms with Gasteiger partial charge in [-0.1, -0.05) is 13.8 Å². The van der Waals surface area contributed by atoms with Gasteiger partial charge in [-0.05, 0) is 68.6 Å². The van der Waals surface area contributed by atoms with Crippen LogP contribution in [0.3, 0.4) is 0 Å². The lowest BCUT2D eigenvalue weighted by molar-refractivity contribution is -0.0600. The Bertz CT molecular complexity index is 304. The van der Waals surface area contributed by atoms with Crippen molar-refractivity contribution in [3.8, 4) is 0 Å². The summed E-state index contributed by atoms with van der Waals surface area (Å²) in [5.74, 6) is 1.59. The van der Waals surface area contributed by atoms with E-state index < -0.39 is 6.16 Å². The standard InChI is InChI=1S/C16H26O3/c1-16(2)11-3-7-13(8-4-11)18-15(17)19-14-9-5-12(16)6-10-14/h11-14H,3-10H2,1-2H3. The molecule has 0 aromatic carbocycles. The highest BCUT2D eigenvalue weighted by atomic mass is 16.7. The fourth-order valence-electron chi connectivity index (χ4n) is 4.48. The molecule has 4 saturated heterocycles. The van der Waals surface area contributed by atoms with Gasteiger partial charge in [-0.15, -0.1) is 0 Å². The van der Waals surface area contributed by atoms with Crippen molar-refractivity contribution in [2.24, 2.45) is 17.3 Å². The van der Waals surface area contributed by atoms with Gasteiger partial charge in [0.25, 0.3) is 0 Å². The van der Waals surface area contributed by atoms with Gasteiger partial charge >= 0.3 is 6.16 Å². The summed E-state index contributed by atoms with van der Waals surface area (Å²) in [6.07, 6.45) is 8.62. The molecule has 0 atom stereocenters. The summed E-state index contributed by atoms with van der Waals surface area (Å²) in [5, 5.41) is 0. The quantitative estimate of drug-likeness (QED) is 0.613. The number of rotatable bonds is 0. The Labute approximate surface area is 116 Å². The lowest BCUT2D eigenvalue weighted by atomic mass is 9.60. The van der Waals surface area contributed by atoms with E-state index in [0.717, 1.165) is 37.5 Å². The summed E-state index contributed by atoms with van der Waals surface area (Å²) in [4.78, 5) is 11.8. The summed E-state index contributed by atoms with van der Waals surface area (Å²) in [6, 6.07) is 0. The maximum absolute atomic E-state index is 11.8. The Morgan fingerprint density at radius 3 is 1.53 bits per heavy atom. The lowest BCUT2D eigenvalue weighted by Gasteiger charge is -2.47. The van der Waals surface area contributed by atoms with E-state index in [0.29, 0.717) is 5.41 Å². The average Bonchev–Trinajstić information content (AvgIpc) is 2.38. The second kappa shape index (κ2) is 4.99. The number of ether oxygens (including phenoxy) is 2. The minimum Gasteiger partial charge on any atom is -0.431 e. The molecule has 0 aromatic heterocycles. The molecule has 2 aliphatic carbocycles. The third-order valence-corrected chi connectivity index (χ3v) is 5.98. The predicted octanol–water partition coefficient (Wildman–Crippen LogP) is 4.30. The van der Waals surface area contributed by atoms with Gasteiger partial charge in [-0.3, -0.25) is 0 Å². The van der Waals surface area contributed by atoms with Crippen molar-refractivity contribution in [3.63, 3.8) is 0 Å². The average molecular weight is 266 g/mol. The maximum atomic E-state index is 11.8. The van der Waals surface area contributed by atoms with Crippen LogP contribution in [0.2, 0.25) is 0 Å². The third-order valence-electron chi connectivity index (χ3n) is 5.98. The van der Waals surface area contributed by atoms with Crippen LogP contribution in [-0.2, 0) is 9.47 Å². The largest absolute Gasteiger partial charge is 0.508 e. The van der Waals surface area contributed by atoms with Crippen LogP contribution in [0.5, 0.6) is 0 Å². The minimum absolute atomic E-state index is 0.0949. The minimum atomic E-state index is -0.424. The number of carbonyl (C=O) groups is 1. The molecule has 0 unspecified atom stereocenters. The molecule has 3 nitrogen and oxygen atoms in total. The van der Waals surface area contributed by atoms with E-state index in [1.165, 1.54) is 25.7 Å². The molecule has 3 heteroatoms. The first kappa shape index (κ1) is 13.3. The van der Waals surface area contributed by atoms with Gasteiger partial charge in [-0.25, -0.2) is 4.79 Å². The van der Waals surface area contributed by atoms with Gasteiger partial charge in [0.1, 0.15) is 12.2 Å². The molecular formula is C16H26O3. The summed E-state index contributed by atoms with van der Waals surface area (Å²) in [5.41, 5.74) is 0.430. The third kappa shape index (κ3) is 2.61. The van der Waals surface area contributed by atoms with Crippen LogP contribution >= 0.6 is 0 Å². The molecule has 0 radical (unpaired) electrons. The van der Waals surface area contributed by atoms with E-state index in [9.17, 15) is 4.79 Å². The summed E-state index contributed by atoms with van der Waals surface area (Å²) < 4.78 is 10.9. The van der Waals surface area contributed by atoms with E-state index in [2.05, 4.69) is 13.8 Å². The Morgan fingerprint density at radius 1 is 0.789 bits per heavy atom. The topological polar surface area (TPSA) is 35.5 Å². The molecule has 4 bridgehead atoms. The van der Waals surface area contributed by atoms with Crippen LogP contribution in [0, 0.1) is 17.3 Å². The molecule has 108 valence electrons. The van der Waals surface area contributed by atoms with Crippen LogP contribution in [0.4, 0.5) is 4.79 Å². The molecule has 19 heavy (non-hydrogen) atoms. The molecule has 0 N–H and O–H groups in total. The fourth-order valence-corrected chi connectivity index (χ4v) is 4.48. The monoisotopic (exact) mass is 266 g/mol. The van der Waals surface area contributed by atoms with Gasteiger partial charge < -0.3 is 9.47 Å². The first-order valence-electron chi connectivity index (χ1n) is 7.93. The van der Waals surface area contributed by atoms with Crippen molar-refractivity contribution < 1.29 is 14.3 Å². The Balaban J connectivity index is 1.80. The zero-order valence-corrected chi connectivity index (χ0v) is 12.2. The number of hydrogen-bond acceptors (Lipinski definition) is 3. The second-order valence-corrected chi connectivity index (χ2v) is 7.25. The van der Waals surface area contributed by atoms with Crippen LogP contribution < -0.4 is 0 Å². The molecule has 4 heterocycles. The van der Waals surface area contributed by atoms with Crippen LogP contribution in [-0.4, -0.2) is 18.4 Å². The summed E-state index contributed by atoms with van der Waals surface area (Å²) >= 11 is 0. The van der Waals surface area contributed by atoms with E-state index in [1.807, 2.05) is 0 Å². The lowest BCUT2D eigenvalue weighted by Crippen LogP contribution is -2.41. The van der Waals surface area contributed by atoms with Crippen LogP contribution in [0.1, 0.15) is 65.2 Å². The van der Waals surface area contributed by atoms with Crippen molar-refractivity contribution in [1.29, 1.82) is 0 Å². The van der Waals surface area contributed by atoms with E-state index in [4.69, 9.17) is 9.47 Å². The Kier molecular flexibility index (Phi) is 3.48. The molecule has 6 fully saturated rings. The summed E-state index contributed by atoms with van der Waals surface area (Å²) in [6.45, 7) is 4.92. The summed E-state index contributed by atoms with van der Waals surface area (Å²) in [7, 11) is 0. The second-order valence-electron chi connectivity index (χ2n) is 7.25. The zero-order chi connectivity index (χ0) is 13.5. The van der Waals surface area contributed by atoms with E-state index in [-0.39, 0.29) is 12.2 Å². The predicted molar refractivity (Wildman–Crippen MR) is 72.8 cm³/mol. The number of carbonyl (C=O) groups excluding carboxylic acids is 1. The molecular weight excluding hydrogens is 240 g/mol. The molecule has 2 saturated carbocycles. The van der Waals surface area contributed by atoms with Crippen LogP contribution in [0.25, 0.3) is 0 Å². The SMILES string of the molecule is CC1(C)C2CCC(CC2)OC(=O)OC2CCC1CC2. The first-order chi connectivity index (χ1) is 9.05. The number of hydrogen-bond donors (Lipinski definition) is 0. The zero-order valence-electron chi connectivity index (χ0n) is 12.2. The highest BCUT2D eigenvalue weighted by Gasteiger charge is 2.42.